The predicted octanol–water partition coefficient (Wildman–Crippen LogP) is 1.28. The lowest BCUT2D eigenvalue weighted by atomic mass is 10.00. The van der Waals surface area contributed by atoms with Gasteiger partial charge in [0.05, 0.1) is 18.6 Å². The highest BCUT2D eigenvalue weighted by molar-refractivity contribution is 4.88. The molecule has 1 rings (SSSR count). The Kier molecular flexibility index (Phi) is 7.15. The van der Waals surface area contributed by atoms with Crippen molar-refractivity contribution in [1.29, 1.82) is 5.26 Å². The van der Waals surface area contributed by atoms with Crippen LogP contribution in [0.1, 0.15) is 19.3 Å². The average Bonchev–Trinajstić information content (AvgIpc) is 2.34. The maximum Gasteiger partial charge on any atom is 0.0669 e. The molecule has 0 radical (unpaired) electrons. The minimum atomic E-state index is 0.224. The van der Waals surface area contributed by atoms with Crippen LogP contribution < -0.4 is 0 Å². The van der Waals surface area contributed by atoms with E-state index in [1.54, 1.807) is 7.11 Å². The van der Waals surface area contributed by atoms with Gasteiger partial charge in [-0.3, -0.25) is 4.90 Å². The first-order valence-corrected chi connectivity index (χ1v) is 6.05. The van der Waals surface area contributed by atoms with Crippen molar-refractivity contribution in [3.63, 3.8) is 0 Å². The molecular weight excluding hydrogens is 204 g/mol. The molecule has 0 aliphatic carbocycles. The molecule has 1 aliphatic heterocycles. The second kappa shape index (κ2) is 8.51. The van der Waals surface area contributed by atoms with Crippen LogP contribution in [0.2, 0.25) is 0 Å². The van der Waals surface area contributed by atoms with E-state index in [4.69, 9.17) is 14.7 Å². The van der Waals surface area contributed by atoms with E-state index in [0.29, 0.717) is 0 Å². The summed E-state index contributed by atoms with van der Waals surface area (Å²) in [7, 11) is 1.70. The van der Waals surface area contributed by atoms with Gasteiger partial charge < -0.3 is 9.47 Å². The van der Waals surface area contributed by atoms with E-state index in [2.05, 4.69) is 11.0 Å². The van der Waals surface area contributed by atoms with Gasteiger partial charge >= 0.3 is 0 Å². The molecule has 1 saturated heterocycles. The van der Waals surface area contributed by atoms with Crippen LogP contribution in [0, 0.1) is 17.2 Å². The number of methoxy groups -OCH3 is 1. The van der Waals surface area contributed by atoms with E-state index in [-0.39, 0.29) is 5.92 Å². The standard InChI is InChI=1S/C12H22N2O2/c1-15-7-3-8-16-9-6-14-5-2-4-12(10-13)11-14/h12H,2-9,11H2,1H3. The molecule has 16 heavy (non-hydrogen) atoms. The maximum absolute atomic E-state index is 8.86. The summed E-state index contributed by atoms with van der Waals surface area (Å²) < 4.78 is 10.4. The van der Waals surface area contributed by atoms with Gasteiger partial charge in [0.2, 0.25) is 0 Å². The first-order chi connectivity index (χ1) is 7.86. The fraction of sp³-hybridized carbons (Fsp3) is 0.917. The molecule has 4 nitrogen and oxygen atoms in total. The summed E-state index contributed by atoms with van der Waals surface area (Å²) in [6, 6.07) is 2.35. The van der Waals surface area contributed by atoms with Crippen molar-refractivity contribution in [3.05, 3.63) is 0 Å². The van der Waals surface area contributed by atoms with Crippen molar-refractivity contribution >= 4 is 0 Å². The summed E-state index contributed by atoms with van der Waals surface area (Å²) in [5.41, 5.74) is 0. The Balaban J connectivity index is 1.98. The van der Waals surface area contributed by atoms with Gasteiger partial charge in [-0.25, -0.2) is 0 Å². The fourth-order valence-corrected chi connectivity index (χ4v) is 1.97. The van der Waals surface area contributed by atoms with Crippen LogP contribution in [0.15, 0.2) is 0 Å². The molecule has 92 valence electrons. The van der Waals surface area contributed by atoms with Gasteiger partial charge in [0.25, 0.3) is 0 Å². The number of ether oxygens (including phenoxy) is 2. The molecule has 1 atom stereocenters. The lowest BCUT2D eigenvalue weighted by Crippen LogP contribution is -2.37. The quantitative estimate of drug-likeness (QED) is 0.613. The number of likely N-dealkylation sites (tertiary alicyclic amines) is 1. The van der Waals surface area contributed by atoms with Gasteiger partial charge in [-0.1, -0.05) is 0 Å². The molecule has 0 aromatic rings. The van der Waals surface area contributed by atoms with Crippen LogP contribution in [-0.4, -0.2) is 51.5 Å². The minimum Gasteiger partial charge on any atom is -0.385 e. The van der Waals surface area contributed by atoms with E-state index in [1.165, 1.54) is 0 Å². The van der Waals surface area contributed by atoms with Crippen LogP contribution in [0.4, 0.5) is 0 Å². The number of hydrogen-bond donors (Lipinski definition) is 0. The lowest BCUT2D eigenvalue weighted by molar-refractivity contribution is 0.0752. The molecule has 0 amide bonds. The fourth-order valence-electron chi connectivity index (χ4n) is 1.97. The zero-order chi connectivity index (χ0) is 11.6. The van der Waals surface area contributed by atoms with Crippen molar-refractivity contribution < 1.29 is 9.47 Å². The molecule has 0 aromatic carbocycles. The van der Waals surface area contributed by atoms with Crippen molar-refractivity contribution in [1.82, 2.24) is 4.90 Å². The van der Waals surface area contributed by atoms with Crippen molar-refractivity contribution in [3.8, 4) is 6.07 Å². The third-order valence-corrected chi connectivity index (χ3v) is 2.88. The van der Waals surface area contributed by atoms with Gasteiger partial charge in [-0.15, -0.1) is 0 Å². The van der Waals surface area contributed by atoms with Crippen LogP contribution in [0.5, 0.6) is 0 Å². The van der Waals surface area contributed by atoms with E-state index in [0.717, 1.165) is 58.7 Å². The molecule has 0 bridgehead atoms. The average molecular weight is 226 g/mol. The molecule has 1 fully saturated rings. The molecular formula is C12H22N2O2. The van der Waals surface area contributed by atoms with Crippen molar-refractivity contribution in [2.75, 3.05) is 46.6 Å². The predicted molar refractivity (Wildman–Crippen MR) is 62.1 cm³/mol. The Hall–Kier alpha value is -0.630. The summed E-state index contributed by atoms with van der Waals surface area (Å²) in [4.78, 5) is 2.33. The summed E-state index contributed by atoms with van der Waals surface area (Å²) in [6.45, 7) is 5.27. The van der Waals surface area contributed by atoms with E-state index in [9.17, 15) is 0 Å². The first kappa shape index (κ1) is 13.4. The Morgan fingerprint density at radius 3 is 3.00 bits per heavy atom. The number of nitriles is 1. The van der Waals surface area contributed by atoms with Crippen LogP contribution in [0.3, 0.4) is 0 Å². The van der Waals surface area contributed by atoms with Gasteiger partial charge in [-0.2, -0.15) is 5.26 Å². The molecule has 0 saturated carbocycles. The monoisotopic (exact) mass is 226 g/mol. The van der Waals surface area contributed by atoms with Crippen LogP contribution >= 0.6 is 0 Å². The molecule has 4 heteroatoms. The number of rotatable bonds is 7. The summed E-state index contributed by atoms with van der Waals surface area (Å²) in [5, 5.41) is 8.86. The molecule has 1 heterocycles. The molecule has 1 aliphatic rings. The van der Waals surface area contributed by atoms with E-state index in [1.807, 2.05) is 0 Å². The topological polar surface area (TPSA) is 45.5 Å². The minimum absolute atomic E-state index is 0.224. The summed E-state index contributed by atoms with van der Waals surface area (Å²) >= 11 is 0. The highest BCUT2D eigenvalue weighted by Crippen LogP contribution is 2.14. The Labute approximate surface area is 98.1 Å². The number of piperidine rings is 1. The van der Waals surface area contributed by atoms with E-state index >= 15 is 0 Å². The second-order valence-corrected chi connectivity index (χ2v) is 4.23. The van der Waals surface area contributed by atoms with Crippen LogP contribution in [-0.2, 0) is 9.47 Å². The molecule has 0 spiro atoms. The normalized spacial score (nSPS) is 21.9. The lowest BCUT2D eigenvalue weighted by Gasteiger charge is -2.29. The first-order valence-electron chi connectivity index (χ1n) is 6.05. The zero-order valence-corrected chi connectivity index (χ0v) is 10.2. The summed E-state index contributed by atoms with van der Waals surface area (Å²) in [6.07, 6.45) is 3.15. The van der Waals surface area contributed by atoms with Crippen molar-refractivity contribution in [2.45, 2.75) is 19.3 Å². The Bertz CT molecular complexity index is 216. The van der Waals surface area contributed by atoms with Gasteiger partial charge in [0.15, 0.2) is 0 Å². The molecule has 1 unspecified atom stereocenters. The zero-order valence-electron chi connectivity index (χ0n) is 10.2. The third kappa shape index (κ3) is 5.45. The maximum atomic E-state index is 8.86. The largest absolute Gasteiger partial charge is 0.385 e. The number of hydrogen-bond acceptors (Lipinski definition) is 4. The third-order valence-electron chi connectivity index (χ3n) is 2.88. The SMILES string of the molecule is COCCCOCCN1CCCC(C#N)C1. The number of nitrogens with zero attached hydrogens (tertiary/aromatic N) is 2. The highest BCUT2D eigenvalue weighted by Gasteiger charge is 2.18. The van der Waals surface area contributed by atoms with Crippen molar-refractivity contribution in [2.24, 2.45) is 5.92 Å². The second-order valence-electron chi connectivity index (χ2n) is 4.23. The van der Waals surface area contributed by atoms with Gasteiger partial charge in [0, 0.05) is 33.4 Å². The Morgan fingerprint density at radius 2 is 2.25 bits per heavy atom. The molecule has 0 N–H and O–H groups in total. The summed E-state index contributed by atoms with van der Waals surface area (Å²) in [5.74, 6) is 0.224. The highest BCUT2D eigenvalue weighted by atomic mass is 16.5. The van der Waals surface area contributed by atoms with E-state index < -0.39 is 0 Å². The van der Waals surface area contributed by atoms with Gasteiger partial charge in [-0.05, 0) is 25.8 Å². The smallest absolute Gasteiger partial charge is 0.0669 e. The Morgan fingerprint density at radius 1 is 1.38 bits per heavy atom. The van der Waals surface area contributed by atoms with Crippen LogP contribution in [0.25, 0.3) is 0 Å². The van der Waals surface area contributed by atoms with Gasteiger partial charge in [0.1, 0.15) is 0 Å². The molecule has 0 aromatic heterocycles.